The van der Waals surface area contributed by atoms with E-state index in [4.69, 9.17) is 0 Å². The molecule has 100 valence electrons. The Morgan fingerprint density at radius 1 is 1.26 bits per heavy atom. The number of hydrogen-bond acceptors (Lipinski definition) is 3. The number of thioether (sulfide) groups is 1. The van der Waals surface area contributed by atoms with Gasteiger partial charge in [0.05, 0.1) is 10.5 Å². The number of alkyl halides is 3. The van der Waals surface area contributed by atoms with E-state index >= 15 is 0 Å². The second-order valence-corrected chi connectivity index (χ2v) is 4.94. The summed E-state index contributed by atoms with van der Waals surface area (Å²) in [4.78, 5) is 22.3. The van der Waals surface area contributed by atoms with Crippen LogP contribution in [0.5, 0.6) is 0 Å². The van der Waals surface area contributed by atoms with Crippen molar-refractivity contribution in [2.45, 2.75) is 13.1 Å². The van der Waals surface area contributed by atoms with Crippen molar-refractivity contribution in [3.63, 3.8) is 0 Å². The molecular formula is C12H8F3NO2S. The van der Waals surface area contributed by atoms with Gasteiger partial charge in [0.25, 0.3) is 11.1 Å². The molecule has 0 unspecified atom stereocenters. The summed E-state index contributed by atoms with van der Waals surface area (Å²) in [6.07, 6.45) is -3.18. The number of aryl methyl sites for hydroxylation is 1. The standard InChI is InChI=1S/C12H8F3NO2S/c1-6-2-3-7(4-8(6)12(13,14)15)5-9-10(17)16-11(18)19-9/h2-5H,1H3,(H,16,17,18)/b9-5-. The molecule has 0 aromatic heterocycles. The van der Waals surface area contributed by atoms with Crippen molar-refractivity contribution in [3.05, 3.63) is 39.8 Å². The highest BCUT2D eigenvalue weighted by Gasteiger charge is 2.32. The fourth-order valence-electron chi connectivity index (χ4n) is 1.61. The number of amides is 2. The lowest BCUT2D eigenvalue weighted by Gasteiger charge is -2.10. The van der Waals surface area contributed by atoms with E-state index in [9.17, 15) is 22.8 Å². The van der Waals surface area contributed by atoms with E-state index in [-0.39, 0.29) is 16.0 Å². The van der Waals surface area contributed by atoms with Gasteiger partial charge in [-0.1, -0.05) is 12.1 Å². The van der Waals surface area contributed by atoms with Gasteiger partial charge in [-0.05, 0) is 42.0 Å². The Hall–Kier alpha value is -1.76. The van der Waals surface area contributed by atoms with Gasteiger partial charge in [0.15, 0.2) is 0 Å². The molecule has 0 aliphatic carbocycles. The van der Waals surface area contributed by atoms with Gasteiger partial charge < -0.3 is 0 Å². The van der Waals surface area contributed by atoms with Crippen molar-refractivity contribution in [1.29, 1.82) is 0 Å². The molecule has 1 fully saturated rings. The Labute approximate surface area is 110 Å². The van der Waals surface area contributed by atoms with Crippen LogP contribution in [0.3, 0.4) is 0 Å². The average molecular weight is 287 g/mol. The highest BCUT2D eigenvalue weighted by atomic mass is 32.2. The van der Waals surface area contributed by atoms with Crippen LogP contribution in [0.4, 0.5) is 18.0 Å². The molecule has 1 aromatic rings. The molecule has 0 bridgehead atoms. The van der Waals surface area contributed by atoms with Gasteiger partial charge in [0.1, 0.15) is 0 Å². The summed E-state index contributed by atoms with van der Waals surface area (Å²) in [5.74, 6) is -0.593. The molecule has 0 saturated carbocycles. The minimum Gasteiger partial charge on any atom is -0.282 e. The molecule has 1 heterocycles. The number of benzene rings is 1. The highest BCUT2D eigenvalue weighted by molar-refractivity contribution is 8.18. The van der Waals surface area contributed by atoms with Crippen LogP contribution in [-0.4, -0.2) is 11.1 Å². The molecule has 7 heteroatoms. The van der Waals surface area contributed by atoms with Crippen molar-refractivity contribution in [1.82, 2.24) is 5.32 Å². The summed E-state index contributed by atoms with van der Waals surface area (Å²) in [6.45, 7) is 1.36. The quantitative estimate of drug-likeness (QED) is 0.806. The first kappa shape index (κ1) is 13.7. The van der Waals surface area contributed by atoms with E-state index in [1.54, 1.807) is 0 Å². The second kappa shape index (κ2) is 4.73. The van der Waals surface area contributed by atoms with Gasteiger partial charge in [0, 0.05) is 0 Å². The molecule has 19 heavy (non-hydrogen) atoms. The van der Waals surface area contributed by atoms with Crippen molar-refractivity contribution >= 4 is 29.0 Å². The molecule has 0 atom stereocenters. The highest BCUT2D eigenvalue weighted by Crippen LogP contribution is 2.33. The lowest BCUT2D eigenvalue weighted by atomic mass is 10.0. The summed E-state index contributed by atoms with van der Waals surface area (Å²) in [5, 5.41) is 1.51. The Bertz CT molecular complexity index is 593. The number of imide groups is 1. The van der Waals surface area contributed by atoms with E-state index < -0.39 is 22.9 Å². The first-order valence-corrected chi connectivity index (χ1v) is 6.02. The zero-order valence-corrected chi connectivity index (χ0v) is 10.5. The molecule has 1 aliphatic rings. The molecular weight excluding hydrogens is 279 g/mol. The predicted octanol–water partition coefficient (Wildman–Crippen LogP) is 3.34. The first-order chi connectivity index (χ1) is 8.77. The van der Waals surface area contributed by atoms with Crippen LogP contribution in [0.1, 0.15) is 16.7 Å². The first-order valence-electron chi connectivity index (χ1n) is 5.20. The summed E-state index contributed by atoms with van der Waals surface area (Å²) in [6, 6.07) is 3.75. The maximum Gasteiger partial charge on any atom is 0.416 e. The van der Waals surface area contributed by atoms with Gasteiger partial charge in [-0.2, -0.15) is 13.2 Å². The zero-order chi connectivity index (χ0) is 14.2. The summed E-state index contributed by atoms with van der Waals surface area (Å²) >= 11 is 0.666. The average Bonchev–Trinajstić information content (AvgIpc) is 2.58. The third-order valence-corrected chi connectivity index (χ3v) is 3.32. The predicted molar refractivity (Wildman–Crippen MR) is 65.3 cm³/mol. The van der Waals surface area contributed by atoms with E-state index in [2.05, 4.69) is 0 Å². The topological polar surface area (TPSA) is 46.2 Å². The number of nitrogens with one attached hydrogen (secondary N) is 1. The molecule has 0 radical (unpaired) electrons. The van der Waals surface area contributed by atoms with Crippen LogP contribution in [-0.2, 0) is 11.0 Å². The van der Waals surface area contributed by atoms with Crippen LogP contribution >= 0.6 is 11.8 Å². The van der Waals surface area contributed by atoms with Crippen LogP contribution in [0.15, 0.2) is 23.1 Å². The number of carbonyl (C=O) groups is 2. The number of carbonyl (C=O) groups excluding carboxylic acids is 2. The molecule has 1 aromatic carbocycles. The molecule has 2 amide bonds. The second-order valence-electron chi connectivity index (χ2n) is 3.92. The van der Waals surface area contributed by atoms with E-state index in [0.717, 1.165) is 6.07 Å². The third-order valence-electron chi connectivity index (χ3n) is 2.51. The normalized spacial score (nSPS) is 18.0. The lowest BCUT2D eigenvalue weighted by molar-refractivity contribution is -0.138. The zero-order valence-electron chi connectivity index (χ0n) is 9.67. The van der Waals surface area contributed by atoms with Gasteiger partial charge in [-0.3, -0.25) is 14.9 Å². The summed E-state index contributed by atoms with van der Waals surface area (Å²) in [5.41, 5.74) is -0.420. The van der Waals surface area contributed by atoms with Gasteiger partial charge in [-0.15, -0.1) is 0 Å². The molecule has 0 spiro atoms. The fourth-order valence-corrected chi connectivity index (χ4v) is 2.29. The Morgan fingerprint density at radius 2 is 1.95 bits per heavy atom. The summed E-state index contributed by atoms with van der Waals surface area (Å²) < 4.78 is 38.2. The van der Waals surface area contributed by atoms with Crippen LogP contribution in [0.2, 0.25) is 0 Å². The van der Waals surface area contributed by atoms with Gasteiger partial charge >= 0.3 is 6.18 Å². The molecule has 1 aliphatic heterocycles. The van der Waals surface area contributed by atoms with Crippen LogP contribution in [0, 0.1) is 6.92 Å². The maximum atomic E-state index is 12.7. The van der Waals surface area contributed by atoms with E-state index in [1.165, 1.54) is 25.1 Å². The maximum absolute atomic E-state index is 12.7. The molecule has 1 N–H and O–H groups in total. The minimum atomic E-state index is -4.44. The fraction of sp³-hybridized carbons (Fsp3) is 0.167. The lowest BCUT2D eigenvalue weighted by Crippen LogP contribution is -2.17. The SMILES string of the molecule is Cc1ccc(/C=C2\SC(=O)NC2=O)cc1C(F)(F)F. The van der Waals surface area contributed by atoms with Crippen LogP contribution < -0.4 is 5.32 Å². The van der Waals surface area contributed by atoms with Crippen molar-refractivity contribution in [3.8, 4) is 0 Å². The largest absolute Gasteiger partial charge is 0.416 e. The molecule has 1 saturated heterocycles. The smallest absolute Gasteiger partial charge is 0.282 e. The Balaban J connectivity index is 2.40. The Morgan fingerprint density at radius 3 is 2.47 bits per heavy atom. The van der Waals surface area contributed by atoms with Crippen molar-refractivity contribution in [2.75, 3.05) is 0 Å². The van der Waals surface area contributed by atoms with Crippen molar-refractivity contribution < 1.29 is 22.8 Å². The number of rotatable bonds is 1. The summed E-state index contributed by atoms with van der Waals surface area (Å²) in [7, 11) is 0. The monoisotopic (exact) mass is 287 g/mol. The third kappa shape index (κ3) is 2.98. The number of hydrogen-bond donors (Lipinski definition) is 1. The van der Waals surface area contributed by atoms with E-state index in [1.807, 2.05) is 5.32 Å². The van der Waals surface area contributed by atoms with Crippen LogP contribution in [0.25, 0.3) is 6.08 Å². The molecule has 3 nitrogen and oxygen atoms in total. The number of halogens is 3. The van der Waals surface area contributed by atoms with Gasteiger partial charge in [-0.25, -0.2) is 0 Å². The van der Waals surface area contributed by atoms with Crippen molar-refractivity contribution in [2.24, 2.45) is 0 Å². The van der Waals surface area contributed by atoms with Gasteiger partial charge in [0.2, 0.25) is 0 Å². The van der Waals surface area contributed by atoms with E-state index in [0.29, 0.717) is 11.8 Å². The Kier molecular flexibility index (Phi) is 3.40. The molecule has 2 rings (SSSR count). The minimum absolute atomic E-state index is 0.0852.